The molecule has 4 nitrogen and oxygen atoms in total. The third-order valence-electron chi connectivity index (χ3n) is 7.71. The summed E-state index contributed by atoms with van der Waals surface area (Å²) in [6.07, 6.45) is 9.18. The lowest BCUT2D eigenvalue weighted by Crippen LogP contribution is -2.48. The number of esters is 1. The molecule has 2 aliphatic carbocycles. The molecule has 4 fully saturated rings. The van der Waals surface area contributed by atoms with E-state index in [2.05, 4.69) is 18.4 Å². The molecule has 4 aliphatic rings. The topological polar surface area (TPSA) is 49.8 Å². The molecule has 0 bridgehead atoms. The van der Waals surface area contributed by atoms with E-state index in [0.29, 0.717) is 11.8 Å². The molecule has 2 heterocycles. The van der Waals surface area contributed by atoms with Crippen LogP contribution >= 0.6 is 0 Å². The molecule has 2 aliphatic heterocycles. The standard InChI is InChI=1S/C21H33NO3/c1-14-6-5-8-21(2)11-19-16(10-18(14)21)17(20(24)25-19)12-22-9-4-3-7-15(22)13-23/h15-19,23H,1,3-13H2,2H3/t15?,16-,17?,18?,19-,21-/m1/s1. The lowest BCUT2D eigenvalue weighted by molar-refractivity contribution is -0.146. The molecular formula is C21H33NO3. The number of allylic oxidation sites excluding steroid dienone is 1. The van der Waals surface area contributed by atoms with Gasteiger partial charge in [0.1, 0.15) is 6.10 Å². The Balaban J connectivity index is 1.51. The van der Waals surface area contributed by atoms with Gasteiger partial charge in [-0.3, -0.25) is 9.69 Å². The fraction of sp³-hybridized carbons (Fsp3) is 0.857. The van der Waals surface area contributed by atoms with Crippen molar-refractivity contribution in [3.8, 4) is 0 Å². The Labute approximate surface area is 151 Å². The summed E-state index contributed by atoms with van der Waals surface area (Å²) in [5.41, 5.74) is 1.67. The summed E-state index contributed by atoms with van der Waals surface area (Å²) in [5, 5.41) is 9.69. The molecule has 0 aromatic heterocycles. The fourth-order valence-corrected chi connectivity index (χ4v) is 6.22. The van der Waals surface area contributed by atoms with Crippen molar-refractivity contribution in [2.75, 3.05) is 19.7 Å². The summed E-state index contributed by atoms with van der Waals surface area (Å²) in [6, 6.07) is 0.221. The van der Waals surface area contributed by atoms with Gasteiger partial charge in [0, 0.05) is 18.5 Å². The first-order valence-corrected chi connectivity index (χ1v) is 10.2. The fourth-order valence-electron chi connectivity index (χ4n) is 6.22. The highest BCUT2D eigenvalue weighted by molar-refractivity contribution is 5.75. The number of ether oxygens (including phenoxy) is 1. The van der Waals surface area contributed by atoms with Crippen molar-refractivity contribution < 1.29 is 14.6 Å². The Kier molecular flexibility index (Phi) is 4.70. The molecule has 6 atom stereocenters. The van der Waals surface area contributed by atoms with E-state index >= 15 is 0 Å². The smallest absolute Gasteiger partial charge is 0.310 e. The van der Waals surface area contributed by atoms with Crippen LogP contribution in [0.4, 0.5) is 0 Å². The molecular weight excluding hydrogens is 314 g/mol. The maximum Gasteiger partial charge on any atom is 0.310 e. The van der Waals surface area contributed by atoms with Gasteiger partial charge in [-0.25, -0.2) is 0 Å². The minimum atomic E-state index is -0.0172. The van der Waals surface area contributed by atoms with Crippen molar-refractivity contribution in [3.63, 3.8) is 0 Å². The lowest BCUT2D eigenvalue weighted by Gasteiger charge is -2.50. The number of hydrogen-bond acceptors (Lipinski definition) is 4. The van der Waals surface area contributed by atoms with Gasteiger partial charge in [-0.1, -0.05) is 25.5 Å². The van der Waals surface area contributed by atoms with E-state index in [0.717, 1.165) is 38.8 Å². The van der Waals surface area contributed by atoms with Crippen molar-refractivity contribution in [2.24, 2.45) is 23.2 Å². The Hall–Kier alpha value is -0.870. The first-order chi connectivity index (χ1) is 12.0. The summed E-state index contributed by atoms with van der Waals surface area (Å²) < 4.78 is 5.88. The number of hydrogen-bond donors (Lipinski definition) is 1. The number of carbonyl (C=O) groups excluding carboxylic acids is 1. The van der Waals surface area contributed by atoms with Gasteiger partial charge < -0.3 is 9.84 Å². The van der Waals surface area contributed by atoms with Crippen LogP contribution < -0.4 is 0 Å². The van der Waals surface area contributed by atoms with Crippen molar-refractivity contribution in [1.29, 1.82) is 0 Å². The van der Waals surface area contributed by atoms with Gasteiger partial charge in [-0.15, -0.1) is 0 Å². The predicted molar refractivity (Wildman–Crippen MR) is 97.0 cm³/mol. The normalized spacial score (nSPS) is 45.0. The van der Waals surface area contributed by atoms with Crippen LogP contribution in [0.1, 0.15) is 58.3 Å². The van der Waals surface area contributed by atoms with Crippen molar-refractivity contribution in [3.05, 3.63) is 12.2 Å². The number of carbonyl (C=O) groups is 1. The SMILES string of the molecule is C=C1CCC[C@]2(C)C[C@H]3OC(=O)C(CN4CCCCC4CO)[C@H]3CC12. The van der Waals surface area contributed by atoms with E-state index in [4.69, 9.17) is 4.74 Å². The molecule has 0 aromatic carbocycles. The Morgan fingerprint density at radius 2 is 2.20 bits per heavy atom. The molecule has 2 saturated carbocycles. The van der Waals surface area contributed by atoms with Crippen LogP contribution in [-0.2, 0) is 9.53 Å². The van der Waals surface area contributed by atoms with Gasteiger partial charge in [0.15, 0.2) is 0 Å². The van der Waals surface area contributed by atoms with Crippen LogP contribution in [0.3, 0.4) is 0 Å². The number of likely N-dealkylation sites (tertiary alicyclic amines) is 1. The van der Waals surface area contributed by atoms with E-state index in [1.54, 1.807) is 0 Å². The van der Waals surface area contributed by atoms with E-state index in [-0.39, 0.29) is 36.1 Å². The van der Waals surface area contributed by atoms with Gasteiger partial charge in [0.2, 0.25) is 0 Å². The molecule has 0 aromatic rings. The average molecular weight is 347 g/mol. The first-order valence-electron chi connectivity index (χ1n) is 10.2. The first kappa shape index (κ1) is 17.5. The molecule has 0 radical (unpaired) electrons. The summed E-state index contributed by atoms with van der Waals surface area (Å²) in [5.74, 6) is 0.873. The van der Waals surface area contributed by atoms with Gasteiger partial charge in [-0.05, 0) is 62.8 Å². The van der Waals surface area contributed by atoms with E-state index in [1.165, 1.54) is 31.3 Å². The van der Waals surface area contributed by atoms with Gasteiger partial charge in [0.25, 0.3) is 0 Å². The van der Waals surface area contributed by atoms with Crippen LogP contribution in [0, 0.1) is 23.2 Å². The van der Waals surface area contributed by atoms with Crippen LogP contribution in [0.2, 0.25) is 0 Å². The van der Waals surface area contributed by atoms with Crippen molar-refractivity contribution in [1.82, 2.24) is 4.90 Å². The number of fused-ring (bicyclic) bond motifs is 2. The quantitative estimate of drug-likeness (QED) is 0.629. The van der Waals surface area contributed by atoms with Crippen LogP contribution in [-0.4, -0.2) is 47.8 Å². The molecule has 25 heavy (non-hydrogen) atoms. The largest absolute Gasteiger partial charge is 0.462 e. The molecule has 1 N–H and O–H groups in total. The van der Waals surface area contributed by atoms with E-state index in [9.17, 15) is 9.90 Å². The number of aliphatic hydroxyl groups is 1. The number of nitrogens with zero attached hydrogens (tertiary/aromatic N) is 1. The summed E-state index contributed by atoms with van der Waals surface area (Å²) >= 11 is 0. The zero-order valence-corrected chi connectivity index (χ0v) is 15.6. The maximum absolute atomic E-state index is 12.7. The van der Waals surface area contributed by atoms with Crippen molar-refractivity contribution >= 4 is 5.97 Å². The third kappa shape index (κ3) is 3.06. The Morgan fingerprint density at radius 1 is 1.36 bits per heavy atom. The molecule has 140 valence electrons. The second-order valence-electron chi connectivity index (χ2n) is 9.23. The second kappa shape index (κ2) is 6.70. The number of rotatable bonds is 3. The van der Waals surface area contributed by atoms with E-state index in [1.807, 2.05) is 0 Å². The highest BCUT2D eigenvalue weighted by Gasteiger charge is 2.55. The Bertz CT molecular complexity index is 547. The minimum Gasteiger partial charge on any atom is -0.462 e. The molecule has 0 spiro atoms. The zero-order valence-electron chi connectivity index (χ0n) is 15.6. The average Bonchev–Trinajstić information content (AvgIpc) is 2.88. The summed E-state index contributed by atoms with van der Waals surface area (Å²) in [6.45, 7) is 8.72. The second-order valence-corrected chi connectivity index (χ2v) is 9.23. The third-order valence-corrected chi connectivity index (χ3v) is 7.71. The predicted octanol–water partition coefficient (Wildman–Crippen LogP) is 3.15. The van der Waals surface area contributed by atoms with Gasteiger partial charge >= 0.3 is 5.97 Å². The van der Waals surface area contributed by atoms with Crippen molar-refractivity contribution in [2.45, 2.75) is 70.4 Å². The molecule has 4 rings (SSSR count). The molecule has 3 unspecified atom stereocenters. The van der Waals surface area contributed by atoms with Gasteiger partial charge in [-0.2, -0.15) is 0 Å². The highest BCUT2D eigenvalue weighted by Crippen LogP contribution is 2.57. The molecule has 0 amide bonds. The minimum absolute atomic E-state index is 0.00474. The van der Waals surface area contributed by atoms with Crippen LogP contribution in [0.5, 0.6) is 0 Å². The van der Waals surface area contributed by atoms with Crippen LogP contribution in [0.25, 0.3) is 0 Å². The maximum atomic E-state index is 12.7. The number of aliphatic hydroxyl groups excluding tert-OH is 1. The highest BCUT2D eigenvalue weighted by atomic mass is 16.6. The van der Waals surface area contributed by atoms with Crippen LogP contribution in [0.15, 0.2) is 12.2 Å². The molecule has 4 heteroatoms. The van der Waals surface area contributed by atoms with Gasteiger partial charge in [0.05, 0.1) is 12.5 Å². The zero-order chi connectivity index (χ0) is 17.6. The number of piperidine rings is 1. The summed E-state index contributed by atoms with van der Waals surface area (Å²) in [7, 11) is 0. The Morgan fingerprint density at radius 3 is 3.00 bits per heavy atom. The monoisotopic (exact) mass is 347 g/mol. The summed E-state index contributed by atoms with van der Waals surface area (Å²) in [4.78, 5) is 15.0. The molecule has 2 saturated heterocycles. The lowest BCUT2D eigenvalue weighted by atomic mass is 9.55. The van der Waals surface area contributed by atoms with E-state index < -0.39 is 0 Å².